The van der Waals surface area contributed by atoms with Crippen LogP contribution in [0.5, 0.6) is 5.75 Å². The molecule has 0 aliphatic carbocycles. The van der Waals surface area contributed by atoms with E-state index in [9.17, 15) is 18.0 Å². The van der Waals surface area contributed by atoms with Crippen molar-refractivity contribution in [3.05, 3.63) is 44.4 Å². The number of aromatic amines is 1. The Morgan fingerprint density at radius 3 is 2.71 bits per heavy atom. The minimum absolute atomic E-state index is 0.0748. The number of aromatic nitrogens is 2. The second-order valence-electron chi connectivity index (χ2n) is 3.71. The number of nitrogens with zero attached hydrogens (tertiary/aromatic N) is 1. The Bertz CT molecular complexity index is 721. The first-order chi connectivity index (χ1) is 9.76. The smallest absolute Gasteiger partial charge is 0.405 e. The molecule has 0 spiro atoms. The quantitative estimate of drug-likeness (QED) is 0.844. The Labute approximate surface area is 129 Å². The lowest BCUT2D eigenvalue weighted by atomic mass is 10.3. The van der Waals surface area contributed by atoms with Crippen LogP contribution >= 0.6 is 27.5 Å². The lowest BCUT2D eigenvalue weighted by molar-refractivity contribution is -0.274. The molecule has 2 rings (SSSR count). The van der Waals surface area contributed by atoms with Gasteiger partial charge in [-0.25, -0.2) is 4.98 Å². The van der Waals surface area contributed by atoms with Crippen molar-refractivity contribution < 1.29 is 17.9 Å². The van der Waals surface area contributed by atoms with Crippen LogP contribution in [-0.4, -0.2) is 16.3 Å². The number of H-pyrrole nitrogens is 1. The summed E-state index contributed by atoms with van der Waals surface area (Å²) in [7, 11) is 0. The molecule has 112 valence electrons. The van der Waals surface area contributed by atoms with Crippen LogP contribution in [0.15, 0.2) is 33.8 Å². The maximum atomic E-state index is 12.1. The Hall–Kier alpha value is -1.74. The molecule has 0 saturated heterocycles. The minimum Gasteiger partial charge on any atom is -0.405 e. The molecule has 0 saturated carbocycles. The third kappa shape index (κ3) is 4.11. The lowest BCUT2D eigenvalue weighted by Gasteiger charge is -2.12. The van der Waals surface area contributed by atoms with Gasteiger partial charge in [-0.15, -0.1) is 13.2 Å². The van der Waals surface area contributed by atoms with Crippen LogP contribution in [0.25, 0.3) is 0 Å². The van der Waals surface area contributed by atoms with Crippen molar-refractivity contribution in [1.82, 2.24) is 9.97 Å². The second kappa shape index (κ2) is 5.94. The second-order valence-corrected chi connectivity index (χ2v) is 4.94. The first-order valence-corrected chi connectivity index (χ1v) is 6.49. The molecule has 10 heteroatoms. The van der Waals surface area contributed by atoms with E-state index in [-0.39, 0.29) is 15.3 Å². The molecule has 0 aliphatic rings. The summed E-state index contributed by atoms with van der Waals surface area (Å²) < 4.78 is 40.3. The molecule has 5 nitrogen and oxygen atoms in total. The van der Waals surface area contributed by atoms with Gasteiger partial charge in [-0.05, 0) is 34.1 Å². The van der Waals surface area contributed by atoms with Crippen LogP contribution in [0.1, 0.15) is 0 Å². The third-order valence-electron chi connectivity index (χ3n) is 2.22. The number of ether oxygens (including phenoxy) is 1. The van der Waals surface area contributed by atoms with E-state index in [1.54, 1.807) is 0 Å². The maximum absolute atomic E-state index is 12.1. The molecule has 0 fully saturated rings. The summed E-state index contributed by atoms with van der Waals surface area (Å²) in [4.78, 5) is 17.4. The number of alkyl halides is 3. The van der Waals surface area contributed by atoms with Crippen LogP contribution in [-0.2, 0) is 0 Å². The van der Waals surface area contributed by atoms with Crippen LogP contribution in [0.4, 0.5) is 24.7 Å². The summed E-state index contributed by atoms with van der Waals surface area (Å²) in [6, 6.07) is 3.77. The zero-order chi connectivity index (χ0) is 15.6. The monoisotopic (exact) mass is 383 g/mol. The summed E-state index contributed by atoms with van der Waals surface area (Å²) in [6.07, 6.45) is -3.64. The predicted molar refractivity (Wildman–Crippen MR) is 74.0 cm³/mol. The molecule has 0 bridgehead atoms. The van der Waals surface area contributed by atoms with Gasteiger partial charge in [-0.1, -0.05) is 11.6 Å². The van der Waals surface area contributed by atoms with Crippen molar-refractivity contribution in [2.75, 3.05) is 5.32 Å². The molecule has 1 aromatic carbocycles. The topological polar surface area (TPSA) is 67.0 Å². The number of hydrogen-bond donors (Lipinski definition) is 2. The van der Waals surface area contributed by atoms with Gasteiger partial charge in [0, 0.05) is 5.69 Å². The lowest BCUT2D eigenvalue weighted by Crippen LogP contribution is -2.17. The molecule has 0 unspecified atom stereocenters. The van der Waals surface area contributed by atoms with E-state index in [1.165, 1.54) is 12.1 Å². The maximum Gasteiger partial charge on any atom is 0.573 e. The van der Waals surface area contributed by atoms with E-state index in [1.807, 2.05) is 0 Å². The van der Waals surface area contributed by atoms with Gasteiger partial charge in [-0.3, -0.25) is 4.79 Å². The van der Waals surface area contributed by atoms with Crippen molar-refractivity contribution in [2.45, 2.75) is 6.36 Å². The summed E-state index contributed by atoms with van der Waals surface area (Å²) in [6.45, 7) is 0. The van der Waals surface area contributed by atoms with E-state index >= 15 is 0 Å². The molecule has 0 amide bonds. The van der Waals surface area contributed by atoms with E-state index in [0.29, 0.717) is 5.69 Å². The van der Waals surface area contributed by atoms with Gasteiger partial charge >= 0.3 is 6.36 Å². The highest BCUT2D eigenvalue weighted by atomic mass is 79.9. The van der Waals surface area contributed by atoms with Crippen molar-refractivity contribution in [2.24, 2.45) is 0 Å². The van der Waals surface area contributed by atoms with E-state index in [0.717, 1.165) is 12.4 Å². The number of halogens is 5. The molecule has 0 aliphatic heterocycles. The molecular weight excluding hydrogens is 378 g/mol. The number of benzene rings is 1. The number of hydrogen-bond acceptors (Lipinski definition) is 4. The Kier molecular flexibility index (Phi) is 4.43. The first kappa shape index (κ1) is 15.6. The first-order valence-electron chi connectivity index (χ1n) is 5.32. The van der Waals surface area contributed by atoms with Gasteiger partial charge in [0.25, 0.3) is 5.56 Å². The van der Waals surface area contributed by atoms with Gasteiger partial charge in [0.1, 0.15) is 10.8 Å². The van der Waals surface area contributed by atoms with Gasteiger partial charge in [0.15, 0.2) is 5.82 Å². The van der Waals surface area contributed by atoms with Gasteiger partial charge in [0.2, 0.25) is 0 Å². The molecule has 1 heterocycles. The average molecular weight is 385 g/mol. The Morgan fingerprint density at radius 2 is 2.10 bits per heavy atom. The number of rotatable bonds is 3. The zero-order valence-corrected chi connectivity index (χ0v) is 12.3. The summed E-state index contributed by atoms with van der Waals surface area (Å²) in [5.74, 6) is -0.310. The Balaban J connectivity index is 2.25. The standard InChI is InChI=1S/C11H6BrClF3N3O2/c12-6-3-5(1-2-7(6)21-11(14,15)16)19-9-8(13)10(20)18-4-17-9/h1-4H,(H2,17,18,19,20). The average Bonchev–Trinajstić information content (AvgIpc) is 2.37. The van der Waals surface area contributed by atoms with E-state index in [2.05, 4.69) is 36.0 Å². The number of anilines is 2. The zero-order valence-electron chi connectivity index (χ0n) is 9.96. The fourth-order valence-corrected chi connectivity index (χ4v) is 2.00. The third-order valence-corrected chi connectivity index (χ3v) is 3.19. The molecule has 1 aromatic heterocycles. The highest BCUT2D eigenvalue weighted by Gasteiger charge is 2.31. The molecule has 2 aromatic rings. The van der Waals surface area contributed by atoms with Crippen molar-refractivity contribution in [1.29, 1.82) is 0 Å². The van der Waals surface area contributed by atoms with E-state index < -0.39 is 17.7 Å². The number of nitrogens with one attached hydrogen (secondary N) is 2. The van der Waals surface area contributed by atoms with Crippen LogP contribution < -0.4 is 15.6 Å². The van der Waals surface area contributed by atoms with Crippen molar-refractivity contribution in [3.63, 3.8) is 0 Å². The minimum atomic E-state index is -4.78. The summed E-state index contributed by atoms with van der Waals surface area (Å²) >= 11 is 8.71. The van der Waals surface area contributed by atoms with Gasteiger partial charge in [-0.2, -0.15) is 0 Å². The normalized spacial score (nSPS) is 11.3. The molecule has 21 heavy (non-hydrogen) atoms. The predicted octanol–water partition coefficient (Wildman–Crippen LogP) is 3.83. The SMILES string of the molecule is O=c1[nH]cnc(Nc2ccc(OC(F)(F)F)c(Br)c2)c1Cl. The summed E-state index contributed by atoms with van der Waals surface area (Å²) in [5.41, 5.74) is -0.165. The molecule has 0 atom stereocenters. The molecule has 0 radical (unpaired) electrons. The largest absolute Gasteiger partial charge is 0.573 e. The molecule has 2 N–H and O–H groups in total. The van der Waals surface area contributed by atoms with Crippen molar-refractivity contribution >= 4 is 39.0 Å². The molecular formula is C11H6BrClF3N3O2. The highest BCUT2D eigenvalue weighted by Crippen LogP contribution is 2.33. The van der Waals surface area contributed by atoms with Gasteiger partial charge in [0.05, 0.1) is 10.8 Å². The van der Waals surface area contributed by atoms with Crippen LogP contribution in [0.3, 0.4) is 0 Å². The fraction of sp³-hybridized carbons (Fsp3) is 0.0909. The Morgan fingerprint density at radius 1 is 1.38 bits per heavy atom. The highest BCUT2D eigenvalue weighted by molar-refractivity contribution is 9.10. The van der Waals surface area contributed by atoms with E-state index in [4.69, 9.17) is 11.6 Å². The van der Waals surface area contributed by atoms with Crippen LogP contribution in [0.2, 0.25) is 5.02 Å². The van der Waals surface area contributed by atoms with Crippen molar-refractivity contribution in [3.8, 4) is 5.75 Å². The van der Waals surface area contributed by atoms with Gasteiger partial charge < -0.3 is 15.0 Å². The van der Waals surface area contributed by atoms with Crippen LogP contribution in [0, 0.1) is 0 Å². The fourth-order valence-electron chi connectivity index (χ4n) is 1.39. The summed E-state index contributed by atoms with van der Waals surface area (Å²) in [5, 5.41) is 2.55.